The Morgan fingerprint density at radius 3 is 2.71 bits per heavy atom. The molecule has 0 saturated heterocycles. The molecule has 0 radical (unpaired) electrons. The van der Waals surface area contributed by atoms with E-state index in [0.29, 0.717) is 0 Å². The fourth-order valence-corrected chi connectivity index (χ4v) is 3.33. The van der Waals surface area contributed by atoms with Crippen LogP contribution in [-0.4, -0.2) is 15.7 Å². The molecule has 3 aromatic rings. The largest absolute Gasteiger partial charge is 0.333 e. The van der Waals surface area contributed by atoms with Crippen LogP contribution in [0.2, 0.25) is 0 Å². The highest BCUT2D eigenvalue weighted by molar-refractivity contribution is 7.99. The molecule has 1 heterocycles. The zero-order valence-electron chi connectivity index (χ0n) is 12.3. The highest BCUT2D eigenvalue weighted by atomic mass is 32.2. The maximum atomic E-state index is 4.64. The van der Waals surface area contributed by atoms with Gasteiger partial charge in [0, 0.05) is 5.75 Å². The van der Waals surface area contributed by atoms with Gasteiger partial charge in [0.2, 0.25) is 0 Å². The third kappa shape index (κ3) is 3.67. The molecule has 0 aliphatic carbocycles. The molecule has 0 saturated carbocycles. The number of hydrogen-bond acceptors (Lipinski definition) is 2. The predicted octanol–water partition coefficient (Wildman–Crippen LogP) is 5.05. The van der Waals surface area contributed by atoms with E-state index in [1.54, 1.807) is 0 Å². The molecule has 0 unspecified atom stereocenters. The number of aromatic nitrogens is 2. The summed E-state index contributed by atoms with van der Waals surface area (Å²) in [6.07, 6.45) is 3.43. The first kappa shape index (κ1) is 14.2. The van der Waals surface area contributed by atoms with E-state index in [2.05, 4.69) is 65.4 Å². The van der Waals surface area contributed by atoms with Gasteiger partial charge in [0.15, 0.2) is 5.16 Å². The van der Waals surface area contributed by atoms with Gasteiger partial charge in [-0.25, -0.2) is 4.98 Å². The zero-order valence-corrected chi connectivity index (χ0v) is 13.1. The van der Waals surface area contributed by atoms with Crippen LogP contribution >= 0.6 is 11.8 Å². The number of unbranched alkanes of at least 4 members (excludes halogenated alkanes) is 1. The van der Waals surface area contributed by atoms with Crippen LogP contribution in [0.1, 0.15) is 30.9 Å². The van der Waals surface area contributed by atoms with Gasteiger partial charge in [-0.05, 0) is 36.1 Å². The quantitative estimate of drug-likeness (QED) is 0.509. The van der Waals surface area contributed by atoms with Gasteiger partial charge in [-0.2, -0.15) is 0 Å². The van der Waals surface area contributed by atoms with E-state index in [0.717, 1.165) is 28.4 Å². The van der Waals surface area contributed by atoms with Crippen molar-refractivity contribution < 1.29 is 0 Å². The highest BCUT2D eigenvalue weighted by Crippen LogP contribution is 2.22. The maximum Gasteiger partial charge on any atom is 0.166 e. The van der Waals surface area contributed by atoms with Crippen molar-refractivity contribution in [2.45, 2.75) is 31.3 Å². The van der Waals surface area contributed by atoms with Crippen LogP contribution in [0, 0.1) is 0 Å². The van der Waals surface area contributed by atoms with Crippen molar-refractivity contribution in [2.24, 2.45) is 0 Å². The molecule has 21 heavy (non-hydrogen) atoms. The Kier molecular flexibility index (Phi) is 4.61. The third-order valence-corrected chi connectivity index (χ3v) is 4.47. The maximum absolute atomic E-state index is 4.64. The third-order valence-electron chi connectivity index (χ3n) is 3.51. The van der Waals surface area contributed by atoms with Gasteiger partial charge >= 0.3 is 0 Å². The number of hydrogen-bond donors (Lipinski definition) is 1. The molecule has 2 nitrogen and oxygen atoms in total. The first-order valence-electron chi connectivity index (χ1n) is 7.50. The average Bonchev–Trinajstić information content (AvgIpc) is 2.90. The second-order valence-corrected chi connectivity index (χ2v) is 6.34. The summed E-state index contributed by atoms with van der Waals surface area (Å²) in [6, 6.07) is 17.1. The lowest BCUT2D eigenvalue weighted by Gasteiger charge is -2.01. The number of rotatable bonds is 6. The van der Waals surface area contributed by atoms with Gasteiger partial charge in [-0.3, -0.25) is 0 Å². The van der Waals surface area contributed by atoms with E-state index in [4.69, 9.17) is 0 Å². The Morgan fingerprint density at radius 1 is 1.05 bits per heavy atom. The minimum Gasteiger partial charge on any atom is -0.333 e. The molecule has 1 aromatic heterocycles. The Balaban J connectivity index is 1.76. The van der Waals surface area contributed by atoms with Gasteiger partial charge in [0.1, 0.15) is 0 Å². The number of imidazole rings is 1. The van der Waals surface area contributed by atoms with Crippen molar-refractivity contribution in [1.29, 1.82) is 0 Å². The molecular formula is C18H20N2S. The van der Waals surface area contributed by atoms with Gasteiger partial charge < -0.3 is 4.98 Å². The number of nitrogens with zero attached hydrogens (tertiary/aromatic N) is 1. The number of nitrogens with one attached hydrogen (secondary N) is 1. The van der Waals surface area contributed by atoms with Crippen LogP contribution in [0.25, 0.3) is 11.0 Å². The van der Waals surface area contributed by atoms with Crippen LogP contribution in [0.5, 0.6) is 0 Å². The summed E-state index contributed by atoms with van der Waals surface area (Å²) in [5.41, 5.74) is 4.87. The molecule has 0 fully saturated rings. The SMILES string of the molecule is CCCCSc1nc2ccc(Cc3ccccc3)cc2[nH]1. The Labute approximate surface area is 130 Å². The monoisotopic (exact) mass is 296 g/mol. The molecule has 3 rings (SSSR count). The smallest absolute Gasteiger partial charge is 0.166 e. The summed E-state index contributed by atoms with van der Waals surface area (Å²) in [6.45, 7) is 2.22. The summed E-state index contributed by atoms with van der Waals surface area (Å²) >= 11 is 1.81. The summed E-state index contributed by atoms with van der Waals surface area (Å²) in [7, 11) is 0. The van der Waals surface area contributed by atoms with Crippen molar-refractivity contribution in [3.63, 3.8) is 0 Å². The Bertz CT molecular complexity index is 704. The predicted molar refractivity (Wildman–Crippen MR) is 91.0 cm³/mol. The molecule has 108 valence electrons. The van der Waals surface area contributed by atoms with E-state index in [9.17, 15) is 0 Å². The lowest BCUT2D eigenvalue weighted by atomic mass is 10.0. The number of H-pyrrole nitrogens is 1. The lowest BCUT2D eigenvalue weighted by Crippen LogP contribution is -1.87. The Morgan fingerprint density at radius 2 is 1.90 bits per heavy atom. The summed E-state index contributed by atoms with van der Waals surface area (Å²) in [5.74, 6) is 1.13. The first-order valence-corrected chi connectivity index (χ1v) is 8.49. The van der Waals surface area contributed by atoms with Crippen molar-refractivity contribution >= 4 is 22.8 Å². The van der Waals surface area contributed by atoms with E-state index < -0.39 is 0 Å². The lowest BCUT2D eigenvalue weighted by molar-refractivity contribution is 0.893. The number of fused-ring (bicyclic) bond motifs is 1. The van der Waals surface area contributed by atoms with Gasteiger partial charge in [-0.1, -0.05) is 61.5 Å². The van der Waals surface area contributed by atoms with Crippen LogP contribution in [0.4, 0.5) is 0 Å². The molecule has 1 N–H and O–H groups in total. The van der Waals surface area contributed by atoms with Crippen LogP contribution in [0.3, 0.4) is 0 Å². The topological polar surface area (TPSA) is 28.7 Å². The average molecular weight is 296 g/mol. The standard InChI is InChI=1S/C18H20N2S/c1-2-3-11-21-18-19-16-10-9-15(13-17(16)20-18)12-14-7-5-4-6-8-14/h4-10,13H,2-3,11-12H2,1H3,(H,19,20). The normalized spacial score (nSPS) is 11.1. The number of benzene rings is 2. The number of thioether (sulfide) groups is 1. The summed E-state index contributed by atoms with van der Waals surface area (Å²) in [4.78, 5) is 8.07. The molecule has 0 amide bonds. The molecule has 0 aliphatic heterocycles. The fraction of sp³-hybridized carbons (Fsp3) is 0.278. The molecule has 0 bridgehead atoms. The molecule has 3 heteroatoms. The van der Waals surface area contributed by atoms with Crippen LogP contribution in [-0.2, 0) is 6.42 Å². The Hall–Kier alpha value is -1.74. The molecule has 0 spiro atoms. The van der Waals surface area contributed by atoms with Gasteiger partial charge in [0.05, 0.1) is 11.0 Å². The van der Waals surface area contributed by atoms with Crippen LogP contribution in [0.15, 0.2) is 53.7 Å². The van der Waals surface area contributed by atoms with Gasteiger partial charge in [-0.15, -0.1) is 0 Å². The van der Waals surface area contributed by atoms with Crippen molar-refractivity contribution in [3.8, 4) is 0 Å². The second kappa shape index (κ2) is 6.81. The zero-order chi connectivity index (χ0) is 14.5. The first-order chi connectivity index (χ1) is 10.3. The fourth-order valence-electron chi connectivity index (χ4n) is 2.36. The summed E-state index contributed by atoms with van der Waals surface area (Å²) in [5, 5.41) is 1.04. The van der Waals surface area contributed by atoms with E-state index in [-0.39, 0.29) is 0 Å². The van der Waals surface area contributed by atoms with Gasteiger partial charge in [0.25, 0.3) is 0 Å². The second-order valence-electron chi connectivity index (χ2n) is 5.26. The van der Waals surface area contributed by atoms with Crippen molar-refractivity contribution in [1.82, 2.24) is 9.97 Å². The molecule has 2 aromatic carbocycles. The van der Waals surface area contributed by atoms with Crippen LogP contribution < -0.4 is 0 Å². The van der Waals surface area contributed by atoms with E-state index in [1.807, 2.05) is 11.8 Å². The molecular weight excluding hydrogens is 276 g/mol. The number of aromatic amines is 1. The highest BCUT2D eigenvalue weighted by Gasteiger charge is 2.04. The summed E-state index contributed by atoms with van der Waals surface area (Å²) < 4.78 is 0. The van der Waals surface area contributed by atoms with Crippen molar-refractivity contribution in [2.75, 3.05) is 5.75 Å². The van der Waals surface area contributed by atoms with E-state index >= 15 is 0 Å². The van der Waals surface area contributed by atoms with Crippen molar-refractivity contribution in [3.05, 3.63) is 59.7 Å². The minimum atomic E-state index is 0.966. The van der Waals surface area contributed by atoms with E-state index in [1.165, 1.54) is 24.0 Å². The minimum absolute atomic E-state index is 0.966. The molecule has 0 atom stereocenters. The molecule has 0 aliphatic rings.